The first-order valence-corrected chi connectivity index (χ1v) is 14.0. The fourth-order valence-corrected chi connectivity index (χ4v) is 7.27. The van der Waals surface area contributed by atoms with E-state index < -0.39 is 0 Å². The fraction of sp³-hybridized carbons (Fsp3) is 0. The minimum Gasteiger partial charge on any atom is -0.308 e. The molecule has 42 heavy (non-hydrogen) atoms. The largest absolute Gasteiger partial charge is 0.308 e. The van der Waals surface area contributed by atoms with Gasteiger partial charge in [0.1, 0.15) is 11.9 Å². The molecule has 10 aromatic rings. The number of nitriles is 1. The van der Waals surface area contributed by atoms with Crippen LogP contribution >= 0.6 is 0 Å². The summed E-state index contributed by atoms with van der Waals surface area (Å²) in [5.41, 5.74) is 6.49. The molecule has 0 aliphatic carbocycles. The predicted octanol–water partition coefficient (Wildman–Crippen LogP) is 8.90. The summed E-state index contributed by atoms with van der Waals surface area (Å²) in [5.74, 6) is 0.877. The summed E-state index contributed by atoms with van der Waals surface area (Å²) < 4.78 is 4.70. The molecule has 5 nitrogen and oxygen atoms in total. The molecule has 0 unspecified atom stereocenters. The molecule has 0 atom stereocenters. The highest BCUT2D eigenvalue weighted by Crippen LogP contribution is 2.48. The van der Waals surface area contributed by atoms with Crippen molar-refractivity contribution in [3.8, 4) is 11.9 Å². The summed E-state index contributed by atoms with van der Waals surface area (Å²) in [4.78, 5) is 9.42. The van der Waals surface area contributed by atoms with E-state index in [0.29, 0.717) is 0 Å². The quantitative estimate of drug-likeness (QED) is 0.212. The van der Waals surface area contributed by atoms with Gasteiger partial charge in [0.05, 0.1) is 33.1 Å². The third-order valence-electron chi connectivity index (χ3n) is 8.88. The summed E-state index contributed by atoms with van der Waals surface area (Å²) >= 11 is 0. The second-order valence-corrected chi connectivity index (χ2v) is 10.9. The van der Waals surface area contributed by atoms with Crippen LogP contribution in [-0.2, 0) is 0 Å². The standard InChI is InChI=1S/C37H19N5/c38-20-32-39-28-14-6-3-13-25(28)37(40-32)42-30-16-8-5-12-24(30)27-19-26-23-11-4-7-15-29(23)41-31-18-17-21-9-1-2-10-22(21)33(31)34(35(26)41)36(27)42/h1-19H. The summed E-state index contributed by atoms with van der Waals surface area (Å²) in [7, 11) is 0. The van der Waals surface area contributed by atoms with Crippen molar-refractivity contribution in [1.82, 2.24) is 18.9 Å². The van der Waals surface area contributed by atoms with Gasteiger partial charge in [0.2, 0.25) is 5.82 Å². The number of aromatic nitrogens is 4. The normalized spacial score (nSPS) is 12.3. The lowest BCUT2D eigenvalue weighted by Crippen LogP contribution is -2.03. The lowest BCUT2D eigenvalue weighted by atomic mass is 9.99. The molecule has 4 aromatic heterocycles. The molecule has 0 aliphatic rings. The molecule has 0 radical (unpaired) electrons. The average molecular weight is 534 g/mol. The van der Waals surface area contributed by atoms with Crippen LogP contribution in [0.1, 0.15) is 5.82 Å². The number of hydrogen-bond acceptors (Lipinski definition) is 3. The number of nitrogens with zero attached hydrogens (tertiary/aromatic N) is 5. The Morgan fingerprint density at radius 1 is 0.524 bits per heavy atom. The molecule has 5 heteroatoms. The smallest absolute Gasteiger partial charge is 0.234 e. The lowest BCUT2D eigenvalue weighted by Gasteiger charge is -2.12. The van der Waals surface area contributed by atoms with Crippen molar-refractivity contribution in [2.45, 2.75) is 0 Å². The van der Waals surface area contributed by atoms with Crippen LogP contribution < -0.4 is 0 Å². The number of hydrogen-bond donors (Lipinski definition) is 0. The Hall–Kier alpha value is -5.99. The summed E-state index contributed by atoms with van der Waals surface area (Å²) in [6, 6.07) is 42.9. The third-order valence-corrected chi connectivity index (χ3v) is 8.88. The molecule has 0 aliphatic heterocycles. The molecular weight excluding hydrogens is 514 g/mol. The average Bonchev–Trinajstić information content (AvgIpc) is 3.69. The van der Waals surface area contributed by atoms with Gasteiger partial charge in [-0.3, -0.25) is 4.57 Å². The molecule has 0 bridgehead atoms. The zero-order valence-electron chi connectivity index (χ0n) is 22.2. The molecule has 0 amide bonds. The summed E-state index contributed by atoms with van der Waals surface area (Å²) in [6.07, 6.45) is 0. The number of rotatable bonds is 1. The van der Waals surface area contributed by atoms with Gasteiger partial charge in [0, 0.05) is 37.7 Å². The Morgan fingerprint density at radius 3 is 2.02 bits per heavy atom. The van der Waals surface area contributed by atoms with Gasteiger partial charge in [-0.1, -0.05) is 78.9 Å². The molecule has 0 saturated heterocycles. The molecule has 4 heterocycles. The van der Waals surface area contributed by atoms with Crippen LogP contribution in [-0.4, -0.2) is 18.9 Å². The Bertz CT molecular complexity index is 2810. The first-order chi connectivity index (χ1) is 20.8. The lowest BCUT2D eigenvalue weighted by molar-refractivity contribution is 1.05. The minimum absolute atomic E-state index is 0.159. The molecular formula is C37H19N5. The predicted molar refractivity (Wildman–Crippen MR) is 171 cm³/mol. The Morgan fingerprint density at radius 2 is 1.19 bits per heavy atom. The van der Waals surface area contributed by atoms with E-state index in [1.807, 2.05) is 24.3 Å². The number of fused-ring (bicyclic) bond motifs is 13. The number of benzene rings is 6. The number of para-hydroxylation sites is 3. The Balaban J connectivity index is 1.59. The van der Waals surface area contributed by atoms with Gasteiger partial charge in [0.15, 0.2) is 0 Å². The summed E-state index contributed by atoms with van der Waals surface area (Å²) in [6.45, 7) is 0. The van der Waals surface area contributed by atoms with Crippen LogP contribution in [0.4, 0.5) is 0 Å². The second kappa shape index (κ2) is 7.60. The van der Waals surface area contributed by atoms with Crippen molar-refractivity contribution in [3.05, 3.63) is 121 Å². The molecule has 192 valence electrons. The zero-order chi connectivity index (χ0) is 27.5. The van der Waals surface area contributed by atoms with Crippen molar-refractivity contribution in [3.63, 3.8) is 0 Å². The van der Waals surface area contributed by atoms with Gasteiger partial charge in [-0.2, -0.15) is 5.26 Å². The Kier molecular flexibility index (Phi) is 3.94. The van der Waals surface area contributed by atoms with Crippen molar-refractivity contribution < 1.29 is 0 Å². The maximum Gasteiger partial charge on any atom is 0.234 e. The van der Waals surface area contributed by atoms with Gasteiger partial charge >= 0.3 is 0 Å². The Labute approximate surface area is 238 Å². The molecule has 6 aromatic carbocycles. The highest BCUT2D eigenvalue weighted by molar-refractivity contribution is 6.37. The second-order valence-electron chi connectivity index (χ2n) is 10.9. The highest BCUT2D eigenvalue weighted by Gasteiger charge is 2.26. The van der Waals surface area contributed by atoms with E-state index in [0.717, 1.165) is 38.5 Å². The monoisotopic (exact) mass is 533 g/mol. The van der Waals surface area contributed by atoms with E-state index in [1.54, 1.807) is 0 Å². The van der Waals surface area contributed by atoms with Crippen LogP contribution in [0.5, 0.6) is 0 Å². The van der Waals surface area contributed by atoms with Gasteiger partial charge < -0.3 is 4.40 Å². The van der Waals surface area contributed by atoms with Gasteiger partial charge in [-0.15, -0.1) is 0 Å². The first kappa shape index (κ1) is 21.8. The van der Waals surface area contributed by atoms with Crippen molar-refractivity contribution in [1.29, 1.82) is 5.26 Å². The molecule has 0 fully saturated rings. The van der Waals surface area contributed by atoms with Crippen LogP contribution in [0.25, 0.3) is 87.4 Å². The van der Waals surface area contributed by atoms with E-state index in [1.165, 1.54) is 48.9 Å². The fourth-order valence-electron chi connectivity index (χ4n) is 7.27. The summed E-state index contributed by atoms with van der Waals surface area (Å²) in [5, 5.41) is 20.5. The molecule has 0 N–H and O–H groups in total. The molecule has 0 spiro atoms. The van der Waals surface area contributed by atoms with Crippen LogP contribution in [0.3, 0.4) is 0 Å². The van der Waals surface area contributed by atoms with Gasteiger partial charge in [-0.05, 0) is 47.2 Å². The third kappa shape index (κ3) is 2.53. The van der Waals surface area contributed by atoms with E-state index in [9.17, 15) is 5.26 Å². The topological polar surface area (TPSA) is 58.9 Å². The van der Waals surface area contributed by atoms with E-state index in [4.69, 9.17) is 4.98 Å². The van der Waals surface area contributed by atoms with Crippen LogP contribution in [0.2, 0.25) is 0 Å². The van der Waals surface area contributed by atoms with Crippen LogP contribution in [0.15, 0.2) is 115 Å². The van der Waals surface area contributed by atoms with Crippen molar-refractivity contribution >= 4 is 81.6 Å². The van der Waals surface area contributed by atoms with Gasteiger partial charge in [0.25, 0.3) is 0 Å². The molecule has 10 rings (SSSR count). The van der Waals surface area contributed by atoms with Gasteiger partial charge in [-0.25, -0.2) is 9.97 Å². The van der Waals surface area contributed by atoms with E-state index in [-0.39, 0.29) is 5.82 Å². The zero-order valence-corrected chi connectivity index (χ0v) is 22.2. The first-order valence-electron chi connectivity index (χ1n) is 14.0. The van der Waals surface area contributed by atoms with Crippen LogP contribution in [0, 0.1) is 11.3 Å². The maximum absolute atomic E-state index is 9.94. The van der Waals surface area contributed by atoms with Crippen molar-refractivity contribution in [2.24, 2.45) is 0 Å². The SMILES string of the molecule is N#Cc1nc(-n2c3ccccc3c3cc4c5ccccc5n5c6ccc7ccccc7c6c(c32)c45)c2ccccc2n1. The van der Waals surface area contributed by atoms with Crippen molar-refractivity contribution in [2.75, 3.05) is 0 Å². The molecule has 0 saturated carbocycles. The minimum atomic E-state index is 0.159. The van der Waals surface area contributed by atoms with E-state index >= 15 is 0 Å². The maximum atomic E-state index is 9.94. The van der Waals surface area contributed by atoms with E-state index in [2.05, 4.69) is 111 Å². The highest BCUT2D eigenvalue weighted by atomic mass is 15.1.